The van der Waals surface area contributed by atoms with Gasteiger partial charge < -0.3 is 15.2 Å². The molecule has 0 aliphatic heterocycles. The average Bonchev–Trinajstić information content (AvgIpc) is 3.01. The third-order valence-electron chi connectivity index (χ3n) is 3.60. The molecule has 3 unspecified atom stereocenters. The van der Waals surface area contributed by atoms with Gasteiger partial charge in [0.05, 0.1) is 13.2 Å². The van der Waals surface area contributed by atoms with Crippen molar-refractivity contribution < 1.29 is 9.84 Å². The lowest BCUT2D eigenvalue weighted by Gasteiger charge is -2.22. The van der Waals surface area contributed by atoms with E-state index in [0.29, 0.717) is 6.42 Å². The molecular weight excluding hydrogens is 282 g/mol. The van der Waals surface area contributed by atoms with Gasteiger partial charge in [0.15, 0.2) is 0 Å². The van der Waals surface area contributed by atoms with Crippen LogP contribution in [-0.2, 0) is 0 Å². The zero-order chi connectivity index (χ0) is 15.2. The summed E-state index contributed by atoms with van der Waals surface area (Å²) in [6.07, 6.45) is 0.316. The van der Waals surface area contributed by atoms with Crippen molar-refractivity contribution in [1.29, 1.82) is 0 Å². The normalized spacial score (nSPS) is 15.4. The van der Waals surface area contributed by atoms with Gasteiger partial charge in [0, 0.05) is 17.0 Å². The summed E-state index contributed by atoms with van der Waals surface area (Å²) in [6.45, 7) is 4.24. The number of ether oxygens (including phenoxy) is 1. The van der Waals surface area contributed by atoms with Crippen molar-refractivity contribution in [1.82, 2.24) is 5.32 Å². The Morgan fingerprint density at radius 2 is 1.90 bits per heavy atom. The molecule has 2 aromatic rings. The fourth-order valence-electron chi connectivity index (χ4n) is 2.42. The second kappa shape index (κ2) is 7.59. The number of benzene rings is 1. The van der Waals surface area contributed by atoms with Crippen molar-refractivity contribution in [3.05, 3.63) is 52.2 Å². The number of nitrogens with one attached hydrogen (secondary N) is 1. The van der Waals surface area contributed by atoms with E-state index < -0.39 is 6.10 Å². The molecule has 0 aliphatic carbocycles. The van der Waals surface area contributed by atoms with Crippen molar-refractivity contribution >= 4 is 11.3 Å². The summed E-state index contributed by atoms with van der Waals surface area (Å²) in [5.74, 6) is 0.868. The van der Waals surface area contributed by atoms with Crippen LogP contribution in [0, 0.1) is 0 Å². The first-order valence-electron chi connectivity index (χ1n) is 7.21. The number of rotatable bonds is 7. The Kier molecular flexibility index (Phi) is 5.79. The maximum Gasteiger partial charge on any atom is 0.118 e. The van der Waals surface area contributed by atoms with Gasteiger partial charge >= 0.3 is 0 Å². The second-order valence-corrected chi connectivity index (χ2v) is 6.31. The Hall–Kier alpha value is -1.36. The Morgan fingerprint density at radius 1 is 1.19 bits per heavy atom. The third kappa shape index (κ3) is 4.56. The topological polar surface area (TPSA) is 41.5 Å². The van der Waals surface area contributed by atoms with Crippen molar-refractivity contribution in [2.45, 2.75) is 38.5 Å². The number of thiophene rings is 1. The van der Waals surface area contributed by atoms with Gasteiger partial charge in [-0.15, -0.1) is 11.3 Å². The molecule has 0 aliphatic rings. The Labute approximate surface area is 130 Å². The molecule has 0 saturated carbocycles. The average molecular weight is 305 g/mol. The maximum atomic E-state index is 10.2. The van der Waals surface area contributed by atoms with E-state index in [1.807, 2.05) is 29.6 Å². The molecule has 2 rings (SSSR count). The number of aliphatic hydroxyl groups excluding tert-OH is 1. The van der Waals surface area contributed by atoms with E-state index in [-0.39, 0.29) is 12.1 Å². The largest absolute Gasteiger partial charge is 0.497 e. The molecule has 21 heavy (non-hydrogen) atoms. The monoisotopic (exact) mass is 305 g/mol. The molecule has 0 amide bonds. The van der Waals surface area contributed by atoms with Crippen LogP contribution in [0.3, 0.4) is 0 Å². The minimum absolute atomic E-state index is 0.235. The molecule has 3 nitrogen and oxygen atoms in total. The number of methoxy groups -OCH3 is 1. The highest BCUT2D eigenvalue weighted by atomic mass is 32.1. The third-order valence-corrected chi connectivity index (χ3v) is 4.57. The molecule has 1 aromatic heterocycles. The maximum absolute atomic E-state index is 10.2. The van der Waals surface area contributed by atoms with E-state index in [1.165, 1.54) is 5.56 Å². The summed E-state index contributed by atoms with van der Waals surface area (Å²) in [5, 5.41) is 15.7. The minimum atomic E-state index is -0.393. The zero-order valence-corrected chi connectivity index (χ0v) is 13.6. The molecule has 0 fully saturated rings. The van der Waals surface area contributed by atoms with Crippen LogP contribution in [0.25, 0.3) is 0 Å². The van der Waals surface area contributed by atoms with Gasteiger partial charge in [-0.05, 0) is 49.4 Å². The van der Waals surface area contributed by atoms with Crippen molar-refractivity contribution in [3.8, 4) is 5.75 Å². The fraction of sp³-hybridized carbons (Fsp3) is 0.412. The first-order valence-corrected chi connectivity index (χ1v) is 8.09. The van der Waals surface area contributed by atoms with Crippen LogP contribution in [0.1, 0.15) is 42.9 Å². The molecule has 0 saturated heterocycles. The fourth-order valence-corrected chi connectivity index (χ4v) is 3.14. The SMILES string of the molecule is COc1ccc(C(C)NC(C)CC(O)c2cccs2)cc1. The van der Waals surface area contributed by atoms with E-state index in [4.69, 9.17) is 4.74 Å². The Balaban J connectivity index is 1.87. The summed E-state index contributed by atoms with van der Waals surface area (Å²) in [5.41, 5.74) is 1.22. The lowest BCUT2D eigenvalue weighted by atomic mass is 10.0. The predicted octanol–water partition coefficient (Wildman–Crippen LogP) is 3.92. The summed E-state index contributed by atoms with van der Waals surface area (Å²) >= 11 is 1.60. The van der Waals surface area contributed by atoms with Crippen LogP contribution in [0.5, 0.6) is 5.75 Å². The van der Waals surface area contributed by atoms with Gasteiger partial charge in [-0.3, -0.25) is 0 Å². The summed E-state index contributed by atoms with van der Waals surface area (Å²) in [7, 11) is 1.67. The van der Waals surface area contributed by atoms with Gasteiger partial charge in [-0.2, -0.15) is 0 Å². The lowest BCUT2D eigenvalue weighted by Crippen LogP contribution is -2.30. The van der Waals surface area contributed by atoms with Crippen LogP contribution < -0.4 is 10.1 Å². The van der Waals surface area contributed by atoms with E-state index in [9.17, 15) is 5.11 Å². The van der Waals surface area contributed by atoms with Crippen molar-refractivity contribution in [2.24, 2.45) is 0 Å². The molecule has 114 valence electrons. The van der Waals surface area contributed by atoms with Gasteiger partial charge in [-0.1, -0.05) is 18.2 Å². The molecule has 0 bridgehead atoms. The van der Waals surface area contributed by atoms with Crippen LogP contribution >= 0.6 is 11.3 Å². The lowest BCUT2D eigenvalue weighted by molar-refractivity contribution is 0.155. The van der Waals surface area contributed by atoms with Crippen molar-refractivity contribution in [2.75, 3.05) is 7.11 Å². The van der Waals surface area contributed by atoms with Gasteiger partial charge in [-0.25, -0.2) is 0 Å². The van der Waals surface area contributed by atoms with E-state index in [0.717, 1.165) is 10.6 Å². The van der Waals surface area contributed by atoms with Gasteiger partial charge in [0.25, 0.3) is 0 Å². The quantitative estimate of drug-likeness (QED) is 0.814. The minimum Gasteiger partial charge on any atom is -0.497 e. The summed E-state index contributed by atoms with van der Waals surface area (Å²) < 4.78 is 5.17. The van der Waals surface area contributed by atoms with Crippen LogP contribution in [0.4, 0.5) is 0 Å². The highest BCUT2D eigenvalue weighted by Gasteiger charge is 2.15. The molecule has 3 atom stereocenters. The van der Waals surface area contributed by atoms with Crippen LogP contribution in [0.2, 0.25) is 0 Å². The standard InChI is InChI=1S/C17H23NO2S/c1-12(11-16(19)17-5-4-10-21-17)18-13(2)14-6-8-15(20-3)9-7-14/h4-10,12-13,16,18-19H,11H2,1-3H3. The smallest absolute Gasteiger partial charge is 0.118 e. The first-order chi connectivity index (χ1) is 10.1. The molecule has 0 spiro atoms. The molecule has 1 heterocycles. The van der Waals surface area contributed by atoms with Crippen LogP contribution in [-0.4, -0.2) is 18.3 Å². The number of aliphatic hydroxyl groups is 1. The number of hydrogen-bond donors (Lipinski definition) is 2. The zero-order valence-electron chi connectivity index (χ0n) is 12.7. The molecule has 4 heteroatoms. The predicted molar refractivity (Wildman–Crippen MR) is 87.9 cm³/mol. The van der Waals surface area contributed by atoms with Crippen LogP contribution in [0.15, 0.2) is 41.8 Å². The molecular formula is C17H23NO2S. The van der Waals surface area contributed by atoms with E-state index in [1.54, 1.807) is 18.4 Å². The summed E-state index contributed by atoms with van der Waals surface area (Å²) in [4.78, 5) is 1.03. The Bertz CT molecular complexity index is 524. The first kappa shape index (κ1) is 16.0. The molecule has 0 radical (unpaired) electrons. The highest BCUT2D eigenvalue weighted by molar-refractivity contribution is 7.10. The van der Waals surface area contributed by atoms with Gasteiger partial charge in [0.2, 0.25) is 0 Å². The Morgan fingerprint density at radius 3 is 2.48 bits per heavy atom. The number of hydrogen-bond acceptors (Lipinski definition) is 4. The second-order valence-electron chi connectivity index (χ2n) is 5.33. The summed E-state index contributed by atoms with van der Waals surface area (Å²) in [6, 6.07) is 12.5. The van der Waals surface area contributed by atoms with E-state index in [2.05, 4.69) is 31.3 Å². The highest BCUT2D eigenvalue weighted by Crippen LogP contribution is 2.24. The van der Waals surface area contributed by atoms with Crippen molar-refractivity contribution in [3.63, 3.8) is 0 Å². The van der Waals surface area contributed by atoms with Gasteiger partial charge in [0.1, 0.15) is 5.75 Å². The van der Waals surface area contributed by atoms with E-state index >= 15 is 0 Å². The molecule has 2 N–H and O–H groups in total. The molecule has 1 aromatic carbocycles.